The van der Waals surface area contributed by atoms with Gasteiger partial charge < -0.3 is 20.5 Å². The first kappa shape index (κ1) is 17.3. The number of hydrogen-bond donors (Lipinski definition) is 3. The molecule has 0 radical (unpaired) electrons. The zero-order valence-corrected chi connectivity index (χ0v) is 15.3. The molecule has 8 heteroatoms. The van der Waals surface area contributed by atoms with Crippen LogP contribution in [0, 0.1) is 0 Å². The van der Waals surface area contributed by atoms with Gasteiger partial charge in [-0.3, -0.25) is 4.98 Å². The van der Waals surface area contributed by atoms with E-state index in [2.05, 4.69) is 25.6 Å². The maximum atomic E-state index is 9.92. The van der Waals surface area contributed by atoms with Crippen molar-refractivity contribution < 1.29 is 9.84 Å². The van der Waals surface area contributed by atoms with Gasteiger partial charge in [-0.25, -0.2) is 9.97 Å². The zero-order chi connectivity index (χ0) is 18.0. The fraction of sp³-hybridized carbons (Fsp3) is 0.389. The first-order valence-electron chi connectivity index (χ1n) is 8.56. The second-order valence-corrected chi connectivity index (χ2v) is 7.50. The average Bonchev–Trinajstić information content (AvgIpc) is 3.15. The first-order valence-corrected chi connectivity index (χ1v) is 9.44. The Balaban J connectivity index is 1.64. The predicted molar refractivity (Wildman–Crippen MR) is 102 cm³/mol. The number of anilines is 1. The van der Waals surface area contributed by atoms with E-state index in [1.165, 1.54) is 0 Å². The van der Waals surface area contributed by atoms with Gasteiger partial charge in [0.15, 0.2) is 5.82 Å². The molecule has 136 valence electrons. The van der Waals surface area contributed by atoms with Crippen LogP contribution < -0.4 is 10.6 Å². The molecule has 0 spiro atoms. The number of pyridine rings is 1. The normalized spacial score (nSPS) is 23.2. The summed E-state index contributed by atoms with van der Waals surface area (Å²) in [4.78, 5) is 14.6. The first-order chi connectivity index (χ1) is 12.7. The topological polar surface area (TPSA) is 92.2 Å². The van der Waals surface area contributed by atoms with E-state index in [4.69, 9.17) is 4.74 Å². The highest BCUT2D eigenvalue weighted by Gasteiger charge is 2.35. The molecule has 4 rings (SSSR count). The van der Waals surface area contributed by atoms with Gasteiger partial charge in [-0.15, -0.1) is 11.3 Å². The van der Waals surface area contributed by atoms with Gasteiger partial charge in [0.1, 0.15) is 16.3 Å². The van der Waals surface area contributed by atoms with Gasteiger partial charge >= 0.3 is 0 Å². The molecule has 26 heavy (non-hydrogen) atoms. The van der Waals surface area contributed by atoms with E-state index in [0.717, 1.165) is 21.7 Å². The molecule has 0 saturated carbocycles. The van der Waals surface area contributed by atoms with E-state index in [9.17, 15) is 5.11 Å². The van der Waals surface area contributed by atoms with Gasteiger partial charge in [-0.2, -0.15) is 0 Å². The average molecular weight is 371 g/mol. The van der Waals surface area contributed by atoms with Crippen LogP contribution in [-0.2, 0) is 4.74 Å². The van der Waals surface area contributed by atoms with E-state index in [-0.39, 0.29) is 12.6 Å². The lowest BCUT2D eigenvalue weighted by molar-refractivity contribution is -0.0157. The Kier molecular flexibility index (Phi) is 4.82. The summed E-state index contributed by atoms with van der Waals surface area (Å²) in [5.74, 6) is 1.33. The second kappa shape index (κ2) is 7.24. The minimum Gasteiger partial charge on any atom is -0.394 e. The van der Waals surface area contributed by atoms with Gasteiger partial charge in [0, 0.05) is 18.8 Å². The van der Waals surface area contributed by atoms with Crippen LogP contribution >= 0.6 is 11.3 Å². The molecule has 3 N–H and O–H groups in total. The molecule has 1 fully saturated rings. The third kappa shape index (κ3) is 3.41. The van der Waals surface area contributed by atoms with Crippen molar-refractivity contribution in [1.29, 1.82) is 0 Å². The summed E-state index contributed by atoms with van der Waals surface area (Å²) in [6, 6.07) is 7.87. The van der Waals surface area contributed by atoms with Gasteiger partial charge in [0.05, 0.1) is 30.7 Å². The van der Waals surface area contributed by atoms with Crippen molar-refractivity contribution in [2.24, 2.45) is 0 Å². The molecular weight excluding hydrogens is 350 g/mol. The Hall–Kier alpha value is -2.13. The number of fused-ring (bicyclic) bond motifs is 1. The molecule has 1 saturated heterocycles. The summed E-state index contributed by atoms with van der Waals surface area (Å²) in [7, 11) is 0. The highest BCUT2D eigenvalue weighted by atomic mass is 32.1. The Morgan fingerprint density at radius 3 is 3.08 bits per heavy atom. The number of hydrogen-bond acceptors (Lipinski definition) is 8. The Bertz CT molecular complexity index is 888. The van der Waals surface area contributed by atoms with Crippen LogP contribution in [0.5, 0.6) is 0 Å². The van der Waals surface area contributed by atoms with Gasteiger partial charge in [0.2, 0.25) is 0 Å². The van der Waals surface area contributed by atoms with Crippen molar-refractivity contribution in [1.82, 2.24) is 20.3 Å². The van der Waals surface area contributed by atoms with Crippen LogP contribution in [-0.4, -0.2) is 58.0 Å². The molecule has 4 heterocycles. The SMILES string of the molecule is C[C@@H]1COC[C@@](CO)(CNc2nc(-c3ccccn3)nc3sccc23)N1. The van der Waals surface area contributed by atoms with E-state index in [1.54, 1.807) is 17.5 Å². The highest BCUT2D eigenvalue weighted by Crippen LogP contribution is 2.28. The Labute approximate surface area is 155 Å². The van der Waals surface area contributed by atoms with Crippen LogP contribution in [0.1, 0.15) is 6.92 Å². The fourth-order valence-electron chi connectivity index (χ4n) is 3.14. The summed E-state index contributed by atoms with van der Waals surface area (Å²) in [5.41, 5.74) is 0.200. The zero-order valence-electron chi connectivity index (χ0n) is 14.5. The number of aromatic nitrogens is 3. The number of aliphatic hydroxyl groups excluding tert-OH is 1. The number of ether oxygens (including phenoxy) is 1. The molecule has 1 aliphatic rings. The molecule has 3 aromatic heterocycles. The molecular formula is C18H21N5O2S. The van der Waals surface area contributed by atoms with Crippen LogP contribution in [0.15, 0.2) is 35.8 Å². The minimum absolute atomic E-state index is 0.0186. The fourth-order valence-corrected chi connectivity index (χ4v) is 3.90. The van der Waals surface area contributed by atoms with Crippen molar-refractivity contribution in [3.63, 3.8) is 0 Å². The lowest BCUT2D eigenvalue weighted by atomic mass is 9.99. The number of aliphatic hydroxyl groups is 1. The number of nitrogens with zero attached hydrogens (tertiary/aromatic N) is 3. The number of thiophene rings is 1. The van der Waals surface area contributed by atoms with Crippen LogP contribution in [0.2, 0.25) is 0 Å². The third-order valence-corrected chi connectivity index (χ3v) is 5.22. The summed E-state index contributed by atoms with van der Waals surface area (Å²) >= 11 is 1.57. The highest BCUT2D eigenvalue weighted by molar-refractivity contribution is 7.16. The number of nitrogens with one attached hydrogen (secondary N) is 2. The van der Waals surface area contributed by atoms with Crippen LogP contribution in [0.4, 0.5) is 5.82 Å². The van der Waals surface area contributed by atoms with Crippen molar-refractivity contribution >= 4 is 27.4 Å². The quantitative estimate of drug-likeness (QED) is 0.631. The lowest BCUT2D eigenvalue weighted by Gasteiger charge is -2.40. The molecule has 0 aromatic carbocycles. The van der Waals surface area contributed by atoms with Crippen molar-refractivity contribution in [3.8, 4) is 11.5 Å². The van der Waals surface area contributed by atoms with Crippen molar-refractivity contribution in [3.05, 3.63) is 35.8 Å². The van der Waals surface area contributed by atoms with E-state index in [1.807, 2.05) is 36.6 Å². The second-order valence-electron chi connectivity index (χ2n) is 6.60. The van der Waals surface area contributed by atoms with E-state index >= 15 is 0 Å². The number of rotatable bonds is 5. The molecule has 0 bridgehead atoms. The maximum Gasteiger partial charge on any atom is 0.181 e. The van der Waals surface area contributed by atoms with E-state index < -0.39 is 5.54 Å². The van der Waals surface area contributed by atoms with Crippen LogP contribution in [0.25, 0.3) is 21.7 Å². The molecule has 0 amide bonds. The molecule has 0 aliphatic carbocycles. The summed E-state index contributed by atoms with van der Waals surface area (Å²) in [5, 5.41) is 19.7. The van der Waals surface area contributed by atoms with Gasteiger partial charge in [0.25, 0.3) is 0 Å². The molecule has 7 nitrogen and oxygen atoms in total. The maximum absolute atomic E-state index is 9.92. The Morgan fingerprint density at radius 1 is 1.38 bits per heavy atom. The largest absolute Gasteiger partial charge is 0.394 e. The van der Waals surface area contributed by atoms with Gasteiger partial charge in [-0.1, -0.05) is 6.07 Å². The molecule has 0 unspecified atom stereocenters. The van der Waals surface area contributed by atoms with E-state index in [0.29, 0.717) is 25.6 Å². The smallest absolute Gasteiger partial charge is 0.181 e. The molecule has 3 aromatic rings. The predicted octanol–water partition coefficient (Wildman–Crippen LogP) is 1.90. The minimum atomic E-state index is -0.532. The van der Waals surface area contributed by atoms with Crippen molar-refractivity contribution in [2.75, 3.05) is 31.7 Å². The monoisotopic (exact) mass is 371 g/mol. The summed E-state index contributed by atoms with van der Waals surface area (Å²) in [6.07, 6.45) is 1.73. The standard InChI is InChI=1S/C18H21N5O2S/c1-12-8-25-11-18(10-24,23-12)9-20-15-13-5-7-26-17(13)22-16(21-15)14-4-2-3-6-19-14/h2-7,12,23-24H,8-11H2,1H3,(H,20,21,22)/t12-,18+/m1/s1. The van der Waals surface area contributed by atoms with Crippen LogP contribution in [0.3, 0.4) is 0 Å². The lowest BCUT2D eigenvalue weighted by Crippen LogP contribution is -2.63. The molecule has 2 atom stereocenters. The summed E-state index contributed by atoms with van der Waals surface area (Å²) in [6.45, 7) is 3.62. The number of morpholine rings is 1. The third-order valence-electron chi connectivity index (χ3n) is 4.41. The van der Waals surface area contributed by atoms with Gasteiger partial charge in [-0.05, 0) is 30.5 Å². The Morgan fingerprint density at radius 2 is 2.31 bits per heavy atom. The summed E-state index contributed by atoms with van der Waals surface area (Å²) < 4.78 is 5.64. The molecule has 1 aliphatic heterocycles. The van der Waals surface area contributed by atoms with Crippen molar-refractivity contribution in [2.45, 2.75) is 18.5 Å².